The fraction of sp³-hybridized carbons (Fsp3) is 0.267. The number of alkyl halides is 1. The fourth-order valence-corrected chi connectivity index (χ4v) is 3.04. The Morgan fingerprint density at radius 3 is 3.13 bits per heavy atom. The molecule has 0 bridgehead atoms. The Balaban J connectivity index is 1.97. The zero-order valence-electron chi connectivity index (χ0n) is 12.4. The van der Waals surface area contributed by atoms with E-state index < -0.39 is 0 Å². The summed E-state index contributed by atoms with van der Waals surface area (Å²) in [7, 11) is 0. The highest BCUT2D eigenvalue weighted by Gasteiger charge is 2.08. The number of hydrazone groups is 1. The Kier molecular flexibility index (Phi) is 6.66. The van der Waals surface area contributed by atoms with Gasteiger partial charge in [0, 0.05) is 21.8 Å². The van der Waals surface area contributed by atoms with Crippen molar-refractivity contribution in [2.45, 2.75) is 18.7 Å². The fourth-order valence-electron chi connectivity index (χ4n) is 1.79. The Labute approximate surface area is 145 Å². The normalized spacial score (nSPS) is 10.9. The van der Waals surface area contributed by atoms with E-state index in [0.717, 1.165) is 0 Å². The van der Waals surface area contributed by atoms with Crippen LogP contribution in [0.5, 0.6) is 0 Å². The molecule has 0 aliphatic carbocycles. The number of rotatable bonds is 7. The minimum Gasteiger partial charge on any atom is -0.466 e. The molecule has 2 aromatic rings. The number of ether oxygens (including phenoxy) is 1. The summed E-state index contributed by atoms with van der Waals surface area (Å²) in [6, 6.07) is 4.81. The summed E-state index contributed by atoms with van der Waals surface area (Å²) in [5, 5.41) is 6.78. The molecule has 1 N–H and O–H groups in total. The number of nitrogens with zero attached hydrogens (tertiary/aromatic N) is 2. The van der Waals surface area contributed by atoms with Gasteiger partial charge in [0.25, 0.3) is 0 Å². The van der Waals surface area contributed by atoms with Crippen LogP contribution < -0.4 is 5.43 Å². The van der Waals surface area contributed by atoms with Crippen LogP contribution in [0.15, 0.2) is 28.7 Å². The quantitative estimate of drug-likeness (QED) is 0.333. The van der Waals surface area contributed by atoms with Crippen LogP contribution in [0.2, 0.25) is 0 Å². The van der Waals surface area contributed by atoms with Gasteiger partial charge in [-0.3, -0.25) is 10.2 Å². The van der Waals surface area contributed by atoms with Gasteiger partial charge < -0.3 is 4.74 Å². The second-order valence-corrected chi connectivity index (χ2v) is 5.86. The van der Waals surface area contributed by atoms with E-state index in [1.807, 2.05) is 0 Å². The van der Waals surface area contributed by atoms with E-state index in [1.165, 1.54) is 23.6 Å². The largest absolute Gasteiger partial charge is 0.466 e. The molecule has 0 aliphatic rings. The number of hydrogen-bond acceptors (Lipinski definition) is 6. The lowest BCUT2D eigenvalue weighted by Gasteiger charge is -2.02. The predicted octanol–water partition coefficient (Wildman–Crippen LogP) is 3.73. The van der Waals surface area contributed by atoms with Crippen LogP contribution >= 0.6 is 27.3 Å². The highest BCUT2D eigenvalue weighted by atomic mass is 79.9. The number of halogens is 2. The zero-order chi connectivity index (χ0) is 16.7. The van der Waals surface area contributed by atoms with Crippen molar-refractivity contribution in [3.63, 3.8) is 0 Å². The summed E-state index contributed by atoms with van der Waals surface area (Å²) in [6.07, 6.45) is 1.67. The van der Waals surface area contributed by atoms with Crippen molar-refractivity contribution < 1.29 is 13.9 Å². The molecule has 0 amide bonds. The average Bonchev–Trinajstić information content (AvgIpc) is 2.95. The van der Waals surface area contributed by atoms with Crippen LogP contribution in [0.1, 0.15) is 23.7 Å². The lowest BCUT2D eigenvalue weighted by Crippen LogP contribution is -2.07. The Morgan fingerprint density at radius 2 is 2.39 bits per heavy atom. The molecule has 0 atom stereocenters. The molecular weight excluding hydrogens is 385 g/mol. The van der Waals surface area contributed by atoms with Gasteiger partial charge in [-0.2, -0.15) is 5.10 Å². The molecule has 122 valence electrons. The third-order valence-electron chi connectivity index (χ3n) is 2.84. The third kappa shape index (κ3) is 5.11. The first kappa shape index (κ1) is 17.6. The second kappa shape index (κ2) is 8.73. The van der Waals surface area contributed by atoms with Crippen LogP contribution in [0, 0.1) is 5.82 Å². The maximum atomic E-state index is 13.6. The van der Waals surface area contributed by atoms with Gasteiger partial charge in [-0.1, -0.05) is 28.1 Å². The molecule has 1 aromatic heterocycles. The molecule has 1 aromatic carbocycles. The molecule has 0 radical (unpaired) electrons. The molecule has 5 nitrogen and oxygen atoms in total. The molecule has 2 rings (SSSR count). The number of anilines is 1. The Morgan fingerprint density at radius 1 is 1.57 bits per heavy atom. The molecule has 0 fully saturated rings. The van der Waals surface area contributed by atoms with Crippen molar-refractivity contribution in [2.24, 2.45) is 5.10 Å². The summed E-state index contributed by atoms with van der Waals surface area (Å²) < 4.78 is 18.5. The summed E-state index contributed by atoms with van der Waals surface area (Å²) in [5.41, 5.74) is 4.62. The first-order valence-corrected chi connectivity index (χ1v) is 8.86. The van der Waals surface area contributed by atoms with E-state index in [1.54, 1.807) is 24.4 Å². The number of aromatic nitrogens is 1. The standard InChI is InChI=1S/C15H15BrFN3O2S/c1-2-22-14(21)6-11-9-23-15(19-11)20-18-8-10-4-3-5-13(17)12(10)7-16/h3-5,8-9H,2,6-7H2,1H3,(H,19,20). The minimum atomic E-state index is -0.311. The lowest BCUT2D eigenvalue weighted by molar-refractivity contribution is -0.142. The molecular formula is C15H15BrFN3O2S. The number of carbonyl (C=O) groups excluding carboxylic acids is 1. The van der Waals surface area contributed by atoms with Gasteiger partial charge in [0.2, 0.25) is 5.13 Å². The Bertz CT molecular complexity index is 706. The average molecular weight is 400 g/mol. The summed E-state index contributed by atoms with van der Waals surface area (Å²) in [4.78, 5) is 15.6. The van der Waals surface area contributed by atoms with Gasteiger partial charge in [-0.05, 0) is 13.0 Å². The van der Waals surface area contributed by atoms with E-state index in [9.17, 15) is 9.18 Å². The van der Waals surface area contributed by atoms with Crippen molar-refractivity contribution in [1.29, 1.82) is 0 Å². The maximum absolute atomic E-state index is 13.6. The number of carbonyl (C=O) groups is 1. The summed E-state index contributed by atoms with van der Waals surface area (Å²) in [6.45, 7) is 2.11. The first-order chi connectivity index (χ1) is 11.1. The highest BCUT2D eigenvalue weighted by Crippen LogP contribution is 2.17. The molecule has 0 saturated carbocycles. The molecule has 0 unspecified atom stereocenters. The van der Waals surface area contributed by atoms with Crippen LogP contribution in [0.25, 0.3) is 0 Å². The van der Waals surface area contributed by atoms with Gasteiger partial charge in [0.15, 0.2) is 0 Å². The molecule has 8 heteroatoms. The van der Waals surface area contributed by atoms with E-state index in [4.69, 9.17) is 4.74 Å². The van der Waals surface area contributed by atoms with Crippen LogP contribution in [-0.4, -0.2) is 23.8 Å². The Hall–Kier alpha value is -1.80. The second-order valence-electron chi connectivity index (χ2n) is 4.44. The lowest BCUT2D eigenvalue weighted by atomic mass is 10.1. The molecule has 1 heterocycles. The predicted molar refractivity (Wildman–Crippen MR) is 92.7 cm³/mol. The number of hydrogen-bond donors (Lipinski definition) is 1. The SMILES string of the molecule is CCOC(=O)Cc1csc(NN=Cc2cccc(F)c2CBr)n1. The first-order valence-electron chi connectivity index (χ1n) is 6.86. The van der Waals surface area contributed by atoms with Gasteiger partial charge in [-0.15, -0.1) is 11.3 Å². The smallest absolute Gasteiger partial charge is 0.311 e. The van der Waals surface area contributed by atoms with Crippen molar-refractivity contribution in [3.8, 4) is 0 Å². The van der Waals surface area contributed by atoms with E-state index >= 15 is 0 Å². The van der Waals surface area contributed by atoms with Crippen LogP contribution in [0.3, 0.4) is 0 Å². The monoisotopic (exact) mass is 399 g/mol. The van der Waals surface area contributed by atoms with Crippen LogP contribution in [-0.2, 0) is 21.3 Å². The molecule has 0 spiro atoms. The highest BCUT2D eigenvalue weighted by molar-refractivity contribution is 9.08. The minimum absolute atomic E-state index is 0.132. The van der Waals surface area contributed by atoms with Crippen molar-refractivity contribution in [1.82, 2.24) is 4.98 Å². The van der Waals surface area contributed by atoms with Gasteiger partial charge in [0.05, 0.1) is 24.9 Å². The van der Waals surface area contributed by atoms with Gasteiger partial charge >= 0.3 is 5.97 Å². The molecule has 0 saturated heterocycles. The summed E-state index contributed by atoms with van der Waals surface area (Å²) >= 11 is 4.59. The zero-order valence-corrected chi connectivity index (χ0v) is 14.8. The van der Waals surface area contributed by atoms with Crippen molar-refractivity contribution in [3.05, 3.63) is 46.2 Å². The van der Waals surface area contributed by atoms with E-state index in [-0.39, 0.29) is 18.2 Å². The number of benzene rings is 1. The number of thiazole rings is 1. The van der Waals surface area contributed by atoms with Gasteiger partial charge in [0.1, 0.15) is 5.82 Å². The molecule has 23 heavy (non-hydrogen) atoms. The molecule has 0 aliphatic heterocycles. The van der Waals surface area contributed by atoms with E-state index in [0.29, 0.717) is 33.9 Å². The number of nitrogens with one attached hydrogen (secondary N) is 1. The third-order valence-corrected chi connectivity index (χ3v) is 4.19. The van der Waals surface area contributed by atoms with Gasteiger partial charge in [-0.25, -0.2) is 9.37 Å². The maximum Gasteiger partial charge on any atom is 0.311 e. The van der Waals surface area contributed by atoms with Crippen molar-refractivity contribution >= 4 is 44.6 Å². The van der Waals surface area contributed by atoms with Crippen molar-refractivity contribution in [2.75, 3.05) is 12.0 Å². The number of esters is 1. The topological polar surface area (TPSA) is 63.6 Å². The van der Waals surface area contributed by atoms with E-state index in [2.05, 4.69) is 31.4 Å². The summed E-state index contributed by atoms with van der Waals surface area (Å²) in [5.74, 6) is -0.591. The van der Waals surface area contributed by atoms with Crippen LogP contribution in [0.4, 0.5) is 9.52 Å².